The molecule has 0 aliphatic carbocycles. The number of para-hydroxylation sites is 1. The van der Waals surface area contributed by atoms with Crippen molar-refractivity contribution in [2.45, 2.75) is 44.0 Å². The van der Waals surface area contributed by atoms with E-state index >= 15 is 0 Å². The number of sulfonamides is 1. The van der Waals surface area contributed by atoms with Crippen LogP contribution in [-0.2, 0) is 21.2 Å². The zero-order valence-electron chi connectivity index (χ0n) is 15.1. The largest absolute Gasteiger partial charge is 0.324 e. The molecule has 1 fully saturated rings. The maximum atomic E-state index is 13.0. The highest BCUT2D eigenvalue weighted by molar-refractivity contribution is 7.89. The van der Waals surface area contributed by atoms with E-state index < -0.39 is 16.1 Å². The number of carbonyl (C=O) groups excluding carboxylic acids is 1. The molecule has 0 radical (unpaired) electrons. The summed E-state index contributed by atoms with van der Waals surface area (Å²) >= 11 is 0. The Morgan fingerprint density at radius 3 is 2.54 bits per heavy atom. The summed E-state index contributed by atoms with van der Waals surface area (Å²) in [6.45, 7) is 4.30. The zero-order valence-corrected chi connectivity index (χ0v) is 15.9. The Bertz CT molecular complexity index is 892. The molecule has 6 heteroatoms. The van der Waals surface area contributed by atoms with E-state index in [1.807, 2.05) is 38.1 Å². The number of amides is 1. The average Bonchev–Trinajstić information content (AvgIpc) is 3.13. The van der Waals surface area contributed by atoms with Crippen molar-refractivity contribution in [3.63, 3.8) is 0 Å². The number of benzene rings is 2. The Morgan fingerprint density at radius 1 is 1.15 bits per heavy atom. The van der Waals surface area contributed by atoms with Crippen molar-refractivity contribution in [1.82, 2.24) is 4.31 Å². The lowest BCUT2D eigenvalue weighted by Gasteiger charge is -2.24. The first-order valence-electron chi connectivity index (χ1n) is 8.90. The molecule has 1 aliphatic heterocycles. The van der Waals surface area contributed by atoms with Gasteiger partial charge in [0.1, 0.15) is 6.04 Å². The van der Waals surface area contributed by atoms with Crippen LogP contribution in [0.4, 0.5) is 5.69 Å². The number of hydrogen-bond donors (Lipinski definition) is 1. The van der Waals surface area contributed by atoms with Crippen LogP contribution in [0.5, 0.6) is 0 Å². The van der Waals surface area contributed by atoms with Crippen molar-refractivity contribution >= 4 is 21.6 Å². The Balaban J connectivity index is 1.83. The molecule has 26 heavy (non-hydrogen) atoms. The average molecular weight is 372 g/mol. The van der Waals surface area contributed by atoms with E-state index in [2.05, 4.69) is 5.32 Å². The highest BCUT2D eigenvalue weighted by atomic mass is 32.2. The van der Waals surface area contributed by atoms with Crippen molar-refractivity contribution in [1.29, 1.82) is 0 Å². The van der Waals surface area contributed by atoms with Gasteiger partial charge in [0.05, 0.1) is 4.90 Å². The van der Waals surface area contributed by atoms with Gasteiger partial charge in [-0.15, -0.1) is 0 Å². The Kier molecular flexibility index (Phi) is 5.44. The molecule has 138 valence electrons. The quantitative estimate of drug-likeness (QED) is 0.875. The van der Waals surface area contributed by atoms with Gasteiger partial charge in [0, 0.05) is 12.2 Å². The van der Waals surface area contributed by atoms with Crippen LogP contribution in [0.1, 0.15) is 30.9 Å². The van der Waals surface area contributed by atoms with Gasteiger partial charge < -0.3 is 5.32 Å². The summed E-state index contributed by atoms with van der Waals surface area (Å²) < 4.78 is 27.3. The molecule has 1 aliphatic rings. The summed E-state index contributed by atoms with van der Waals surface area (Å²) in [6.07, 6.45) is 2.01. The number of anilines is 1. The summed E-state index contributed by atoms with van der Waals surface area (Å²) in [4.78, 5) is 13.0. The smallest absolute Gasteiger partial charge is 0.243 e. The Labute approximate surface area is 155 Å². The fourth-order valence-corrected chi connectivity index (χ4v) is 4.96. The molecule has 1 atom stereocenters. The van der Waals surface area contributed by atoms with Crippen LogP contribution in [0.15, 0.2) is 53.4 Å². The molecule has 2 aromatic rings. The third kappa shape index (κ3) is 3.66. The van der Waals surface area contributed by atoms with Crippen molar-refractivity contribution in [2.75, 3.05) is 11.9 Å². The van der Waals surface area contributed by atoms with Crippen molar-refractivity contribution in [3.8, 4) is 0 Å². The summed E-state index contributed by atoms with van der Waals surface area (Å²) in [5.74, 6) is -0.265. The molecule has 0 saturated carbocycles. The topological polar surface area (TPSA) is 66.5 Å². The number of rotatable bonds is 5. The molecule has 0 spiro atoms. The maximum absolute atomic E-state index is 13.0. The zero-order chi connectivity index (χ0) is 18.7. The van der Waals surface area contributed by atoms with Gasteiger partial charge in [-0.1, -0.05) is 42.8 Å². The second-order valence-corrected chi connectivity index (χ2v) is 8.48. The molecule has 1 heterocycles. The predicted octanol–water partition coefficient (Wildman–Crippen LogP) is 3.35. The second kappa shape index (κ2) is 7.60. The molecular weight excluding hydrogens is 348 g/mol. The SMILES string of the molecule is CCc1ccccc1NC(=O)[C@H]1CCCN1S(=O)(=O)c1ccc(C)cc1. The maximum Gasteiger partial charge on any atom is 0.243 e. The standard InChI is InChI=1S/C20H24N2O3S/c1-3-16-7-4-5-8-18(16)21-20(23)19-9-6-14-22(19)26(24,25)17-12-10-15(2)11-13-17/h4-5,7-8,10-13,19H,3,6,9,14H2,1-2H3,(H,21,23)/t19-/m1/s1. The number of hydrogen-bond acceptors (Lipinski definition) is 3. The normalized spacial score (nSPS) is 18.0. The van der Waals surface area contributed by atoms with Crippen LogP contribution in [0.3, 0.4) is 0 Å². The van der Waals surface area contributed by atoms with Crippen LogP contribution >= 0.6 is 0 Å². The van der Waals surface area contributed by atoms with Gasteiger partial charge in [-0.25, -0.2) is 8.42 Å². The summed E-state index contributed by atoms with van der Waals surface area (Å²) in [7, 11) is -3.69. The number of nitrogens with one attached hydrogen (secondary N) is 1. The lowest BCUT2D eigenvalue weighted by Crippen LogP contribution is -2.43. The van der Waals surface area contributed by atoms with Crippen molar-refractivity contribution in [2.24, 2.45) is 0 Å². The fourth-order valence-electron chi connectivity index (χ4n) is 3.30. The molecule has 1 N–H and O–H groups in total. The molecule has 5 nitrogen and oxygen atoms in total. The first kappa shape index (κ1) is 18.6. The Morgan fingerprint density at radius 2 is 1.85 bits per heavy atom. The van der Waals surface area contributed by atoms with Crippen LogP contribution in [-0.4, -0.2) is 31.2 Å². The summed E-state index contributed by atoms with van der Waals surface area (Å²) in [5.41, 5.74) is 2.78. The minimum atomic E-state index is -3.69. The fraction of sp³-hybridized carbons (Fsp3) is 0.350. The molecule has 0 unspecified atom stereocenters. The van der Waals surface area contributed by atoms with E-state index in [9.17, 15) is 13.2 Å². The van der Waals surface area contributed by atoms with Gasteiger partial charge in [0.2, 0.25) is 15.9 Å². The predicted molar refractivity (Wildman–Crippen MR) is 103 cm³/mol. The van der Waals surface area contributed by atoms with Gasteiger partial charge in [0.15, 0.2) is 0 Å². The summed E-state index contributed by atoms with van der Waals surface area (Å²) in [6, 6.07) is 13.7. The Hall–Kier alpha value is -2.18. The highest BCUT2D eigenvalue weighted by Crippen LogP contribution is 2.27. The molecule has 2 aromatic carbocycles. The molecule has 0 bridgehead atoms. The minimum absolute atomic E-state index is 0.233. The first-order chi connectivity index (χ1) is 12.4. The highest BCUT2D eigenvalue weighted by Gasteiger charge is 2.39. The number of aryl methyl sites for hydroxylation is 2. The van der Waals surface area contributed by atoms with E-state index in [0.29, 0.717) is 19.4 Å². The van der Waals surface area contributed by atoms with Gasteiger partial charge in [-0.3, -0.25) is 4.79 Å². The van der Waals surface area contributed by atoms with Crippen molar-refractivity contribution < 1.29 is 13.2 Å². The number of nitrogens with zero attached hydrogens (tertiary/aromatic N) is 1. The van der Waals surface area contributed by atoms with E-state index in [4.69, 9.17) is 0 Å². The van der Waals surface area contributed by atoms with E-state index in [0.717, 1.165) is 23.2 Å². The van der Waals surface area contributed by atoms with Crippen LogP contribution in [0.25, 0.3) is 0 Å². The first-order valence-corrected chi connectivity index (χ1v) is 10.3. The second-order valence-electron chi connectivity index (χ2n) is 6.59. The van der Waals surface area contributed by atoms with Gasteiger partial charge in [0.25, 0.3) is 0 Å². The van der Waals surface area contributed by atoms with E-state index in [-0.39, 0.29) is 10.8 Å². The molecule has 0 aromatic heterocycles. The van der Waals surface area contributed by atoms with Crippen LogP contribution in [0, 0.1) is 6.92 Å². The lowest BCUT2D eigenvalue weighted by atomic mass is 10.1. The van der Waals surface area contributed by atoms with E-state index in [1.54, 1.807) is 24.3 Å². The molecule has 1 saturated heterocycles. The summed E-state index contributed by atoms with van der Waals surface area (Å²) in [5, 5.41) is 2.92. The van der Waals surface area contributed by atoms with Crippen LogP contribution < -0.4 is 5.32 Å². The number of carbonyl (C=O) groups is 1. The third-order valence-corrected chi connectivity index (χ3v) is 6.71. The van der Waals surface area contributed by atoms with E-state index in [1.165, 1.54) is 4.31 Å². The molecule has 3 rings (SSSR count). The lowest BCUT2D eigenvalue weighted by molar-refractivity contribution is -0.119. The monoisotopic (exact) mass is 372 g/mol. The van der Waals surface area contributed by atoms with Gasteiger partial charge in [-0.05, 0) is 49.9 Å². The third-order valence-electron chi connectivity index (χ3n) is 4.79. The molecular formula is C20H24N2O3S. The van der Waals surface area contributed by atoms with Gasteiger partial charge in [-0.2, -0.15) is 4.31 Å². The minimum Gasteiger partial charge on any atom is -0.324 e. The molecule has 1 amide bonds. The van der Waals surface area contributed by atoms with Gasteiger partial charge >= 0.3 is 0 Å². The van der Waals surface area contributed by atoms with Crippen LogP contribution in [0.2, 0.25) is 0 Å². The van der Waals surface area contributed by atoms with Crippen molar-refractivity contribution in [3.05, 3.63) is 59.7 Å².